The number of alkyl halides is 3. The van der Waals surface area contributed by atoms with Crippen molar-refractivity contribution in [1.29, 1.82) is 0 Å². The number of para-hydroxylation sites is 1. The topological polar surface area (TPSA) is 50.8 Å². The van der Waals surface area contributed by atoms with Crippen LogP contribution < -0.4 is 14.8 Å². The lowest BCUT2D eigenvalue weighted by molar-refractivity contribution is -0.137. The van der Waals surface area contributed by atoms with Crippen molar-refractivity contribution in [1.82, 2.24) is 4.90 Å². The van der Waals surface area contributed by atoms with Gasteiger partial charge in [0.25, 0.3) is 0 Å². The van der Waals surface area contributed by atoms with Gasteiger partial charge >= 0.3 is 12.2 Å². The highest BCUT2D eigenvalue weighted by Crippen LogP contribution is 2.45. The van der Waals surface area contributed by atoms with Crippen LogP contribution in [-0.2, 0) is 6.18 Å². The van der Waals surface area contributed by atoms with E-state index in [-0.39, 0.29) is 11.4 Å². The van der Waals surface area contributed by atoms with Crippen molar-refractivity contribution in [2.75, 3.05) is 31.8 Å². The average Bonchev–Trinajstić information content (AvgIpc) is 3.16. The highest BCUT2D eigenvalue weighted by molar-refractivity contribution is 7.99. The number of rotatable bonds is 4. The summed E-state index contributed by atoms with van der Waals surface area (Å²) in [5.74, 6) is 1.85. The number of nitrogens with one attached hydrogen (secondary N) is 1. The number of hydrogen-bond donors (Lipinski definition) is 1. The highest BCUT2D eigenvalue weighted by atomic mass is 32.2. The number of anilines is 1. The molecule has 0 unspecified atom stereocenters. The Morgan fingerprint density at radius 3 is 2.46 bits per heavy atom. The Labute approximate surface area is 164 Å². The van der Waals surface area contributed by atoms with Crippen molar-refractivity contribution < 1.29 is 27.4 Å². The average molecular weight is 412 g/mol. The number of thioether (sulfide) groups is 1. The lowest BCUT2D eigenvalue weighted by atomic mass is 10.1. The standard InChI is InChI=1S/C19H19F3N2O3S/c1-26-15-5-3-4-14(16(15)27-2)17-24(10-11-28-17)18(25)23-13-8-6-12(7-9-13)19(20,21)22/h3-9,17H,10-11H2,1-2H3,(H,23,25)/t17-/m1/s1. The molecule has 1 saturated heterocycles. The first-order valence-electron chi connectivity index (χ1n) is 8.42. The normalized spacial score (nSPS) is 16.8. The summed E-state index contributed by atoms with van der Waals surface area (Å²) in [5.41, 5.74) is 0.333. The summed E-state index contributed by atoms with van der Waals surface area (Å²) in [4.78, 5) is 14.4. The third-order valence-corrected chi connectivity index (χ3v) is 5.56. The van der Waals surface area contributed by atoms with Crippen LogP contribution in [0.3, 0.4) is 0 Å². The van der Waals surface area contributed by atoms with Gasteiger partial charge in [-0.05, 0) is 30.3 Å². The molecular weight excluding hydrogens is 393 g/mol. The zero-order valence-electron chi connectivity index (χ0n) is 15.2. The number of methoxy groups -OCH3 is 2. The smallest absolute Gasteiger partial charge is 0.416 e. The van der Waals surface area contributed by atoms with E-state index in [1.54, 1.807) is 29.8 Å². The quantitative estimate of drug-likeness (QED) is 0.768. The first-order valence-corrected chi connectivity index (χ1v) is 9.47. The molecule has 5 nitrogen and oxygen atoms in total. The molecule has 2 aromatic rings. The Morgan fingerprint density at radius 1 is 1.14 bits per heavy atom. The first-order chi connectivity index (χ1) is 13.3. The van der Waals surface area contributed by atoms with Crippen LogP contribution in [0.5, 0.6) is 11.5 Å². The lowest BCUT2D eigenvalue weighted by Gasteiger charge is -2.26. The van der Waals surface area contributed by atoms with Gasteiger partial charge in [-0.3, -0.25) is 0 Å². The molecule has 2 amide bonds. The predicted molar refractivity (Wildman–Crippen MR) is 102 cm³/mol. The number of benzene rings is 2. The lowest BCUT2D eigenvalue weighted by Crippen LogP contribution is -2.34. The summed E-state index contributed by atoms with van der Waals surface area (Å²) < 4.78 is 48.8. The number of urea groups is 1. The van der Waals surface area contributed by atoms with Gasteiger partial charge in [-0.15, -0.1) is 11.8 Å². The molecule has 9 heteroatoms. The second kappa shape index (κ2) is 8.22. The van der Waals surface area contributed by atoms with Gasteiger partial charge in [0.1, 0.15) is 5.37 Å². The molecule has 1 aliphatic heterocycles. The molecule has 3 rings (SSSR count). The summed E-state index contributed by atoms with van der Waals surface area (Å²) in [5, 5.41) is 2.37. The molecule has 0 aromatic heterocycles. The van der Waals surface area contributed by atoms with E-state index in [2.05, 4.69) is 5.32 Å². The summed E-state index contributed by atoms with van der Waals surface area (Å²) in [6, 6.07) is 9.43. The molecule has 1 N–H and O–H groups in total. The second-order valence-electron chi connectivity index (χ2n) is 6.00. The van der Waals surface area contributed by atoms with Crippen LogP contribution in [0.2, 0.25) is 0 Å². The van der Waals surface area contributed by atoms with Crippen molar-refractivity contribution in [2.24, 2.45) is 0 Å². The predicted octanol–water partition coefficient (Wildman–Crippen LogP) is 5.00. The van der Waals surface area contributed by atoms with E-state index in [0.717, 1.165) is 23.4 Å². The summed E-state index contributed by atoms with van der Waals surface area (Å²) in [6.07, 6.45) is -4.41. The maximum Gasteiger partial charge on any atom is 0.416 e. The summed E-state index contributed by atoms with van der Waals surface area (Å²) in [7, 11) is 3.08. The maximum atomic E-state index is 12.7. The minimum Gasteiger partial charge on any atom is -0.493 e. The molecule has 28 heavy (non-hydrogen) atoms. The van der Waals surface area contributed by atoms with Crippen LogP contribution in [0.1, 0.15) is 16.5 Å². The Kier molecular flexibility index (Phi) is 5.93. The fourth-order valence-corrected chi connectivity index (χ4v) is 4.25. The summed E-state index contributed by atoms with van der Waals surface area (Å²) >= 11 is 1.58. The zero-order chi connectivity index (χ0) is 20.3. The van der Waals surface area contributed by atoms with Crippen molar-refractivity contribution in [3.05, 3.63) is 53.6 Å². The molecule has 1 heterocycles. The Hall–Kier alpha value is -2.55. The third kappa shape index (κ3) is 4.14. The van der Waals surface area contributed by atoms with Crippen LogP contribution in [0.15, 0.2) is 42.5 Å². The van der Waals surface area contributed by atoms with E-state index in [9.17, 15) is 18.0 Å². The highest BCUT2D eigenvalue weighted by Gasteiger charge is 2.34. The number of halogens is 3. The third-order valence-electron chi connectivity index (χ3n) is 4.31. The van der Waals surface area contributed by atoms with E-state index >= 15 is 0 Å². The van der Waals surface area contributed by atoms with Crippen LogP contribution in [0, 0.1) is 0 Å². The number of hydrogen-bond acceptors (Lipinski definition) is 4. The van der Waals surface area contributed by atoms with Crippen LogP contribution >= 0.6 is 11.8 Å². The van der Waals surface area contributed by atoms with Gasteiger partial charge in [0.2, 0.25) is 0 Å². The fraction of sp³-hybridized carbons (Fsp3) is 0.316. The van der Waals surface area contributed by atoms with E-state index in [0.29, 0.717) is 23.7 Å². The minimum absolute atomic E-state index is 0.292. The summed E-state index contributed by atoms with van der Waals surface area (Å²) in [6.45, 7) is 0.502. The first kappa shape index (κ1) is 20.2. The van der Waals surface area contributed by atoms with Crippen molar-refractivity contribution in [3.8, 4) is 11.5 Å². The molecule has 0 radical (unpaired) electrons. The van der Waals surface area contributed by atoms with Gasteiger partial charge in [0.15, 0.2) is 11.5 Å². The van der Waals surface area contributed by atoms with Gasteiger partial charge in [-0.1, -0.05) is 12.1 Å². The van der Waals surface area contributed by atoms with Gasteiger partial charge in [-0.2, -0.15) is 13.2 Å². The van der Waals surface area contributed by atoms with Crippen molar-refractivity contribution in [2.45, 2.75) is 11.6 Å². The van der Waals surface area contributed by atoms with Gasteiger partial charge in [-0.25, -0.2) is 4.79 Å². The molecule has 150 valence electrons. The molecule has 0 saturated carbocycles. The van der Waals surface area contributed by atoms with Crippen LogP contribution in [-0.4, -0.2) is 37.4 Å². The van der Waals surface area contributed by atoms with Crippen LogP contribution in [0.4, 0.5) is 23.7 Å². The van der Waals surface area contributed by atoms with E-state index in [4.69, 9.17) is 9.47 Å². The molecule has 1 atom stereocenters. The monoisotopic (exact) mass is 412 g/mol. The molecule has 0 aliphatic carbocycles. The number of ether oxygens (including phenoxy) is 2. The van der Waals surface area contributed by atoms with Crippen molar-refractivity contribution >= 4 is 23.5 Å². The Bertz CT molecular complexity index is 843. The number of nitrogens with zero attached hydrogens (tertiary/aromatic N) is 1. The molecular formula is C19H19F3N2O3S. The van der Waals surface area contributed by atoms with Gasteiger partial charge in [0, 0.05) is 23.5 Å². The van der Waals surface area contributed by atoms with E-state index < -0.39 is 11.7 Å². The molecule has 1 fully saturated rings. The molecule has 0 bridgehead atoms. The molecule has 0 spiro atoms. The van der Waals surface area contributed by atoms with Crippen molar-refractivity contribution in [3.63, 3.8) is 0 Å². The largest absolute Gasteiger partial charge is 0.493 e. The molecule has 2 aromatic carbocycles. The second-order valence-corrected chi connectivity index (χ2v) is 7.19. The number of carbonyl (C=O) groups is 1. The maximum absolute atomic E-state index is 12.7. The van der Waals surface area contributed by atoms with Crippen LogP contribution in [0.25, 0.3) is 0 Å². The number of carbonyl (C=O) groups excluding carboxylic acids is 1. The number of amides is 2. The minimum atomic E-state index is -4.41. The van der Waals surface area contributed by atoms with E-state index in [1.165, 1.54) is 19.2 Å². The van der Waals surface area contributed by atoms with Gasteiger partial charge < -0.3 is 19.7 Å². The van der Waals surface area contributed by atoms with Gasteiger partial charge in [0.05, 0.1) is 19.8 Å². The Balaban J connectivity index is 1.79. The SMILES string of the molecule is COc1cccc([C@H]2SCCN2C(=O)Nc2ccc(C(F)(F)F)cc2)c1OC. The van der Waals surface area contributed by atoms with E-state index in [1.807, 2.05) is 12.1 Å². The Morgan fingerprint density at radius 2 is 1.86 bits per heavy atom. The zero-order valence-corrected chi connectivity index (χ0v) is 16.1. The fourth-order valence-electron chi connectivity index (χ4n) is 2.98. The molecule has 1 aliphatic rings.